The van der Waals surface area contributed by atoms with E-state index in [0.29, 0.717) is 17.0 Å². The number of anilines is 1. The Kier molecular flexibility index (Phi) is 2.69. The van der Waals surface area contributed by atoms with Crippen LogP contribution in [-0.4, -0.2) is 20.4 Å². The van der Waals surface area contributed by atoms with E-state index in [1.807, 2.05) is 47.9 Å². The van der Waals surface area contributed by atoms with E-state index in [-0.39, 0.29) is 5.91 Å². The van der Waals surface area contributed by atoms with E-state index in [9.17, 15) is 4.79 Å². The number of aromatic nitrogens is 3. The van der Waals surface area contributed by atoms with Crippen molar-refractivity contribution in [1.82, 2.24) is 14.5 Å². The van der Waals surface area contributed by atoms with Gasteiger partial charge in [0.05, 0.1) is 28.5 Å². The lowest BCUT2D eigenvalue weighted by atomic mass is 10.2. The summed E-state index contributed by atoms with van der Waals surface area (Å²) in [5, 5.41) is 7.49. The predicted octanol–water partition coefficient (Wildman–Crippen LogP) is 3.04. The van der Waals surface area contributed by atoms with Gasteiger partial charge in [-0.15, -0.1) is 0 Å². The van der Waals surface area contributed by atoms with Crippen LogP contribution in [0.3, 0.4) is 0 Å². The maximum atomic E-state index is 12.4. The number of pyridine rings is 2. The largest absolute Gasteiger partial charge is 0.336 e. The van der Waals surface area contributed by atoms with Gasteiger partial charge in [-0.3, -0.25) is 4.79 Å². The van der Waals surface area contributed by atoms with Crippen LogP contribution in [0.15, 0.2) is 53.4 Å². The van der Waals surface area contributed by atoms with Crippen LogP contribution in [0.4, 0.5) is 5.69 Å². The molecule has 0 saturated heterocycles. The van der Waals surface area contributed by atoms with Gasteiger partial charge in [0, 0.05) is 17.9 Å². The lowest BCUT2D eigenvalue weighted by Gasteiger charge is -2.02. The summed E-state index contributed by atoms with van der Waals surface area (Å²) >= 11 is 0. The zero-order chi connectivity index (χ0) is 15.1. The van der Waals surface area contributed by atoms with Gasteiger partial charge in [0.15, 0.2) is 0 Å². The molecule has 0 aromatic carbocycles. The fourth-order valence-electron chi connectivity index (χ4n) is 2.40. The van der Waals surface area contributed by atoms with Crippen LogP contribution in [0.2, 0.25) is 0 Å². The highest BCUT2D eigenvalue weighted by Gasteiger charge is 2.11. The Morgan fingerprint density at radius 1 is 1.32 bits per heavy atom. The Morgan fingerprint density at radius 3 is 3.09 bits per heavy atom. The van der Waals surface area contributed by atoms with E-state index < -0.39 is 0 Å². The van der Waals surface area contributed by atoms with Crippen LogP contribution in [0.1, 0.15) is 16.1 Å². The normalized spacial score (nSPS) is 11.1. The molecule has 4 aromatic rings. The van der Waals surface area contributed by atoms with Crippen LogP contribution in [-0.2, 0) is 0 Å². The second-order valence-electron chi connectivity index (χ2n) is 5.06. The van der Waals surface area contributed by atoms with Crippen LogP contribution >= 0.6 is 0 Å². The number of carbonyl (C=O) groups is 1. The Labute approximate surface area is 125 Å². The standard InChI is InChI=1S/C16H12N4O2/c1-10-14-7-12(8-17-16(14)22-19-10)18-15(21)11-6-13-4-2-3-5-20(13)9-11/h2-9H,1H3,(H,18,21). The zero-order valence-corrected chi connectivity index (χ0v) is 11.8. The summed E-state index contributed by atoms with van der Waals surface area (Å²) < 4.78 is 6.96. The molecule has 108 valence electrons. The molecule has 4 rings (SSSR count). The smallest absolute Gasteiger partial charge is 0.258 e. The molecule has 0 bridgehead atoms. The monoisotopic (exact) mass is 292 g/mol. The fraction of sp³-hybridized carbons (Fsp3) is 0.0625. The topological polar surface area (TPSA) is 72.4 Å². The molecule has 1 amide bonds. The molecule has 0 fully saturated rings. The third-order valence-corrected chi connectivity index (χ3v) is 3.53. The predicted molar refractivity (Wildman–Crippen MR) is 81.9 cm³/mol. The van der Waals surface area contributed by atoms with Gasteiger partial charge in [-0.2, -0.15) is 0 Å². The Hall–Kier alpha value is -3.15. The van der Waals surface area contributed by atoms with Gasteiger partial charge in [0.1, 0.15) is 0 Å². The molecule has 0 aliphatic carbocycles. The van der Waals surface area contributed by atoms with Gasteiger partial charge in [0.2, 0.25) is 0 Å². The fourth-order valence-corrected chi connectivity index (χ4v) is 2.40. The number of hydrogen-bond acceptors (Lipinski definition) is 4. The number of nitrogens with zero attached hydrogens (tertiary/aromatic N) is 3. The average Bonchev–Trinajstić information content (AvgIpc) is 3.11. The summed E-state index contributed by atoms with van der Waals surface area (Å²) in [6.45, 7) is 1.83. The van der Waals surface area contributed by atoms with Gasteiger partial charge >= 0.3 is 0 Å². The van der Waals surface area contributed by atoms with E-state index in [0.717, 1.165) is 16.6 Å². The molecule has 0 radical (unpaired) electrons. The summed E-state index contributed by atoms with van der Waals surface area (Å²) in [4.78, 5) is 16.5. The van der Waals surface area contributed by atoms with Gasteiger partial charge in [-0.05, 0) is 31.2 Å². The molecule has 0 atom stereocenters. The Morgan fingerprint density at radius 2 is 2.23 bits per heavy atom. The Balaban J connectivity index is 1.66. The highest BCUT2D eigenvalue weighted by molar-refractivity contribution is 6.05. The highest BCUT2D eigenvalue weighted by atomic mass is 16.5. The molecule has 0 unspecified atom stereocenters. The number of aryl methyl sites for hydroxylation is 1. The highest BCUT2D eigenvalue weighted by Crippen LogP contribution is 2.20. The van der Waals surface area contributed by atoms with Crippen molar-refractivity contribution in [2.45, 2.75) is 6.92 Å². The molecule has 0 saturated carbocycles. The number of rotatable bonds is 2. The Bertz CT molecular complexity index is 967. The third-order valence-electron chi connectivity index (χ3n) is 3.53. The molecule has 0 aliphatic rings. The third kappa shape index (κ3) is 2.01. The first-order valence-corrected chi connectivity index (χ1v) is 6.81. The second kappa shape index (κ2) is 4.70. The molecule has 0 aliphatic heterocycles. The van der Waals surface area contributed by atoms with Gasteiger partial charge in [-0.25, -0.2) is 4.98 Å². The minimum Gasteiger partial charge on any atom is -0.336 e. The van der Waals surface area contributed by atoms with Gasteiger partial charge in [0.25, 0.3) is 11.6 Å². The molecule has 6 heteroatoms. The van der Waals surface area contributed by atoms with Crippen molar-refractivity contribution < 1.29 is 9.32 Å². The van der Waals surface area contributed by atoms with E-state index in [1.165, 1.54) is 0 Å². The maximum Gasteiger partial charge on any atom is 0.258 e. The van der Waals surface area contributed by atoms with Gasteiger partial charge in [-0.1, -0.05) is 11.2 Å². The first-order chi connectivity index (χ1) is 10.7. The van der Waals surface area contributed by atoms with Crippen molar-refractivity contribution in [1.29, 1.82) is 0 Å². The molecule has 1 N–H and O–H groups in total. The minimum absolute atomic E-state index is 0.182. The van der Waals surface area contributed by atoms with Crippen molar-refractivity contribution in [2.75, 3.05) is 5.32 Å². The quantitative estimate of drug-likeness (QED) is 0.616. The zero-order valence-electron chi connectivity index (χ0n) is 11.8. The van der Waals surface area contributed by atoms with E-state index in [4.69, 9.17) is 4.52 Å². The van der Waals surface area contributed by atoms with E-state index >= 15 is 0 Å². The molecular weight excluding hydrogens is 280 g/mol. The number of amides is 1. The summed E-state index contributed by atoms with van der Waals surface area (Å²) in [5.41, 5.74) is 3.38. The van der Waals surface area contributed by atoms with Gasteiger partial charge < -0.3 is 14.2 Å². The van der Waals surface area contributed by atoms with Crippen molar-refractivity contribution in [3.63, 3.8) is 0 Å². The average molecular weight is 292 g/mol. The molecule has 0 spiro atoms. The van der Waals surface area contributed by atoms with Crippen molar-refractivity contribution in [3.05, 3.63) is 60.2 Å². The van der Waals surface area contributed by atoms with Crippen LogP contribution in [0, 0.1) is 6.92 Å². The molecule has 6 nitrogen and oxygen atoms in total. The first-order valence-electron chi connectivity index (χ1n) is 6.81. The lowest BCUT2D eigenvalue weighted by Crippen LogP contribution is -2.11. The second-order valence-corrected chi connectivity index (χ2v) is 5.06. The first kappa shape index (κ1) is 12.6. The number of nitrogens with one attached hydrogen (secondary N) is 1. The van der Waals surface area contributed by atoms with Crippen molar-refractivity contribution >= 4 is 28.2 Å². The summed E-state index contributed by atoms with van der Waals surface area (Å²) in [6, 6.07) is 9.45. The summed E-state index contributed by atoms with van der Waals surface area (Å²) in [6.07, 6.45) is 5.25. The molecule has 22 heavy (non-hydrogen) atoms. The number of carbonyl (C=O) groups excluding carboxylic acids is 1. The molecule has 4 heterocycles. The molecular formula is C16H12N4O2. The number of fused-ring (bicyclic) bond motifs is 2. The van der Waals surface area contributed by atoms with Crippen molar-refractivity contribution in [3.8, 4) is 0 Å². The van der Waals surface area contributed by atoms with Crippen LogP contribution in [0.5, 0.6) is 0 Å². The minimum atomic E-state index is -0.182. The van der Waals surface area contributed by atoms with E-state index in [1.54, 1.807) is 12.4 Å². The molecule has 4 aromatic heterocycles. The number of hydrogen-bond donors (Lipinski definition) is 1. The van der Waals surface area contributed by atoms with Crippen LogP contribution < -0.4 is 5.32 Å². The lowest BCUT2D eigenvalue weighted by molar-refractivity contribution is 0.102. The van der Waals surface area contributed by atoms with Crippen molar-refractivity contribution in [2.24, 2.45) is 0 Å². The maximum absolute atomic E-state index is 12.4. The van der Waals surface area contributed by atoms with Crippen LogP contribution in [0.25, 0.3) is 16.6 Å². The summed E-state index contributed by atoms with van der Waals surface area (Å²) in [7, 11) is 0. The summed E-state index contributed by atoms with van der Waals surface area (Å²) in [5.74, 6) is -0.182. The van der Waals surface area contributed by atoms with E-state index in [2.05, 4.69) is 15.5 Å². The SMILES string of the molecule is Cc1noc2ncc(NC(=O)c3cc4ccccn4c3)cc12.